The summed E-state index contributed by atoms with van der Waals surface area (Å²) in [7, 11) is 0. The Kier molecular flexibility index (Phi) is 45.9. The molecule has 0 N–H and O–H groups in total. The average Bonchev–Trinajstić information content (AvgIpc) is 3.15. The molecule has 0 rings (SSSR count). The van der Waals surface area contributed by atoms with Crippen molar-refractivity contribution in [2.24, 2.45) is 11.8 Å². The third kappa shape index (κ3) is 38.5. The van der Waals surface area contributed by atoms with Crippen LogP contribution in [0.4, 0.5) is 0 Å². The minimum atomic E-state index is 0.294. The van der Waals surface area contributed by atoms with Crippen LogP contribution in [0.5, 0.6) is 0 Å². The summed E-state index contributed by atoms with van der Waals surface area (Å²) in [5.74, 6) is 2.77. The van der Waals surface area contributed by atoms with Crippen molar-refractivity contribution in [3.8, 4) is 0 Å². The van der Waals surface area contributed by atoms with E-state index in [-0.39, 0.29) is 0 Å². The number of Topliss-reactive ketones (excluding diaryl/α,β-unsaturated/α-hetero) is 1. The lowest BCUT2D eigenvalue weighted by Gasteiger charge is -2.23. The first-order chi connectivity index (χ1) is 25.7. The van der Waals surface area contributed by atoms with E-state index in [4.69, 9.17) is 23.2 Å². The van der Waals surface area contributed by atoms with Crippen LogP contribution >= 0.6 is 23.2 Å². The highest BCUT2D eigenvalue weighted by Crippen LogP contribution is 2.29. The highest BCUT2D eigenvalue weighted by Gasteiger charge is 2.26. The summed E-state index contributed by atoms with van der Waals surface area (Å²) < 4.78 is 0. The summed E-state index contributed by atoms with van der Waals surface area (Å²) in [6, 6.07) is 0. The van der Waals surface area contributed by atoms with Crippen LogP contribution in [-0.4, -0.2) is 17.5 Å². The molecule has 0 amide bonds. The number of ketones is 1. The van der Waals surface area contributed by atoms with E-state index < -0.39 is 0 Å². The van der Waals surface area contributed by atoms with E-state index in [1.807, 2.05) is 0 Å². The van der Waals surface area contributed by atoms with Crippen LogP contribution in [0.3, 0.4) is 0 Å². The van der Waals surface area contributed by atoms with Crippen LogP contribution in [0.1, 0.15) is 284 Å². The maximum Gasteiger partial charge on any atom is 0.139 e. The van der Waals surface area contributed by atoms with Crippen LogP contribution in [0.25, 0.3) is 0 Å². The summed E-state index contributed by atoms with van der Waals surface area (Å²) >= 11 is 11.9. The van der Waals surface area contributed by atoms with Crippen LogP contribution in [0, 0.1) is 11.8 Å². The minimum Gasteiger partial charge on any atom is -0.299 e. The quantitative estimate of drug-likeness (QED) is 0.0445. The van der Waals surface area contributed by atoms with Gasteiger partial charge in [0.25, 0.3) is 0 Å². The molecule has 0 radical (unpaired) electrons. The number of halogens is 2. The highest BCUT2D eigenvalue weighted by atomic mass is 35.5. The van der Waals surface area contributed by atoms with E-state index in [0.29, 0.717) is 17.6 Å². The lowest BCUT2D eigenvalue weighted by atomic mass is 9.80. The Balaban J connectivity index is 4.50. The second-order valence-corrected chi connectivity index (χ2v) is 17.8. The molecule has 1 nitrogen and oxygen atoms in total. The van der Waals surface area contributed by atoms with Crippen molar-refractivity contribution in [3.63, 3.8) is 0 Å². The van der Waals surface area contributed by atoms with Crippen molar-refractivity contribution >= 4 is 29.0 Å². The minimum absolute atomic E-state index is 0.294. The Hall–Kier alpha value is 0.250. The molecule has 2 atom stereocenters. The maximum atomic E-state index is 14.2. The van der Waals surface area contributed by atoms with Gasteiger partial charge in [0.05, 0.1) is 0 Å². The second-order valence-electron chi connectivity index (χ2n) is 17.1. The van der Waals surface area contributed by atoms with E-state index >= 15 is 0 Å². The third-order valence-electron chi connectivity index (χ3n) is 12.0. The number of carbonyl (C=O) groups is 1. The van der Waals surface area contributed by atoms with Gasteiger partial charge in [0.2, 0.25) is 0 Å². The number of hydrogen-bond acceptors (Lipinski definition) is 1. The lowest BCUT2D eigenvalue weighted by molar-refractivity contribution is -0.128. The lowest BCUT2D eigenvalue weighted by Crippen LogP contribution is -2.24. The molecule has 0 aliphatic carbocycles. The summed E-state index contributed by atoms with van der Waals surface area (Å²) in [6.07, 6.45) is 56.0. The fourth-order valence-corrected chi connectivity index (χ4v) is 8.77. The molecule has 0 aromatic carbocycles. The van der Waals surface area contributed by atoms with Gasteiger partial charge in [0.1, 0.15) is 5.78 Å². The van der Waals surface area contributed by atoms with Gasteiger partial charge in [-0.05, 0) is 38.5 Å². The van der Waals surface area contributed by atoms with Gasteiger partial charge < -0.3 is 0 Å². The van der Waals surface area contributed by atoms with E-state index in [1.54, 1.807) is 0 Å². The average molecular weight is 772 g/mol. The fraction of sp³-hybridized carbons (Fsp3) is 0.980. The van der Waals surface area contributed by atoms with E-state index in [9.17, 15) is 4.79 Å². The first kappa shape index (κ1) is 52.2. The van der Waals surface area contributed by atoms with Gasteiger partial charge in [-0.25, -0.2) is 0 Å². The van der Waals surface area contributed by atoms with E-state index in [2.05, 4.69) is 13.8 Å². The first-order valence-corrected chi connectivity index (χ1v) is 25.4. The van der Waals surface area contributed by atoms with E-state index in [1.165, 1.54) is 231 Å². The maximum absolute atomic E-state index is 14.2. The van der Waals surface area contributed by atoms with Crippen molar-refractivity contribution in [2.45, 2.75) is 284 Å². The molecular formula is C49H96Cl2O. The first-order valence-electron chi connectivity index (χ1n) is 24.4. The molecule has 52 heavy (non-hydrogen) atoms. The molecule has 0 fully saturated rings. The van der Waals surface area contributed by atoms with Gasteiger partial charge in [-0.3, -0.25) is 4.79 Å². The Labute approximate surface area is 339 Å². The molecule has 0 aromatic heterocycles. The van der Waals surface area contributed by atoms with Crippen molar-refractivity contribution in [2.75, 3.05) is 11.8 Å². The number of rotatable bonds is 46. The predicted molar refractivity (Wildman–Crippen MR) is 239 cm³/mol. The Morgan fingerprint density at radius 2 is 0.462 bits per heavy atom. The molecular weight excluding hydrogens is 675 g/mol. The zero-order valence-electron chi connectivity index (χ0n) is 35.9. The second kappa shape index (κ2) is 45.6. The molecule has 3 heteroatoms. The zero-order chi connectivity index (χ0) is 37.8. The Morgan fingerprint density at radius 3 is 0.654 bits per heavy atom. The smallest absolute Gasteiger partial charge is 0.139 e. The van der Waals surface area contributed by atoms with Gasteiger partial charge in [-0.15, -0.1) is 23.2 Å². The van der Waals surface area contributed by atoms with Crippen molar-refractivity contribution in [1.82, 2.24) is 0 Å². The molecule has 0 aliphatic heterocycles. The number of carbonyl (C=O) groups excluding carboxylic acids is 1. The topological polar surface area (TPSA) is 17.1 Å². The van der Waals surface area contributed by atoms with E-state index in [0.717, 1.165) is 50.3 Å². The fourth-order valence-electron chi connectivity index (χ4n) is 8.39. The Bertz CT molecular complexity index is 612. The summed E-state index contributed by atoms with van der Waals surface area (Å²) in [5, 5.41) is 0. The standard InChI is InChI=1S/C49H96Cl2O/c1-3-5-7-9-11-13-15-17-19-21-23-25-27-29-35-41-47(43-37-31-33-39-45-50)49(52)48(44-38-32-34-40-46-51)42-36-30-28-26-24-22-20-18-16-14-12-10-8-6-4-2/h47-48H,3-46H2,1-2H3. The SMILES string of the molecule is CCCCCCCCCCCCCCCCCC(CCCCCCCl)C(=O)C(CCCCCCCl)CCCCCCCCCCCCCCCCC. The molecule has 0 heterocycles. The van der Waals surface area contributed by atoms with Crippen LogP contribution < -0.4 is 0 Å². The van der Waals surface area contributed by atoms with Gasteiger partial charge in [0.15, 0.2) is 0 Å². The molecule has 0 spiro atoms. The monoisotopic (exact) mass is 771 g/mol. The molecule has 2 unspecified atom stereocenters. The van der Waals surface area contributed by atoms with Crippen molar-refractivity contribution in [1.29, 1.82) is 0 Å². The van der Waals surface area contributed by atoms with Crippen LogP contribution in [0.2, 0.25) is 0 Å². The Morgan fingerprint density at radius 1 is 0.288 bits per heavy atom. The third-order valence-corrected chi connectivity index (χ3v) is 12.5. The van der Waals surface area contributed by atoms with Gasteiger partial charge >= 0.3 is 0 Å². The summed E-state index contributed by atoms with van der Waals surface area (Å²) in [6.45, 7) is 4.61. The summed E-state index contributed by atoms with van der Waals surface area (Å²) in [5.41, 5.74) is 0. The van der Waals surface area contributed by atoms with Gasteiger partial charge in [-0.2, -0.15) is 0 Å². The van der Waals surface area contributed by atoms with Gasteiger partial charge in [0, 0.05) is 23.6 Å². The molecule has 0 aromatic rings. The van der Waals surface area contributed by atoms with Crippen LogP contribution in [0.15, 0.2) is 0 Å². The molecule has 312 valence electrons. The molecule has 0 saturated carbocycles. The zero-order valence-corrected chi connectivity index (χ0v) is 37.4. The molecule has 0 saturated heterocycles. The largest absolute Gasteiger partial charge is 0.299 e. The molecule has 0 bridgehead atoms. The van der Waals surface area contributed by atoms with Crippen molar-refractivity contribution in [3.05, 3.63) is 0 Å². The normalized spacial score (nSPS) is 12.8. The number of alkyl halides is 2. The molecule has 0 aliphatic rings. The van der Waals surface area contributed by atoms with Crippen LogP contribution in [-0.2, 0) is 4.79 Å². The van der Waals surface area contributed by atoms with Gasteiger partial charge in [-0.1, -0.05) is 245 Å². The summed E-state index contributed by atoms with van der Waals surface area (Å²) in [4.78, 5) is 14.2. The number of hydrogen-bond donors (Lipinski definition) is 0. The highest BCUT2D eigenvalue weighted by molar-refractivity contribution is 6.18. The predicted octanol–water partition coefficient (Wildman–Crippen LogP) is 18.7. The number of unbranched alkanes of at least 4 members (excludes halogenated alkanes) is 34. The van der Waals surface area contributed by atoms with Crippen molar-refractivity contribution < 1.29 is 4.79 Å².